The number of aryl methyl sites for hydroxylation is 2. The third-order valence-electron chi connectivity index (χ3n) is 4.07. The quantitative estimate of drug-likeness (QED) is 0.636. The summed E-state index contributed by atoms with van der Waals surface area (Å²) in [7, 11) is 0. The first-order valence-electron chi connectivity index (χ1n) is 8.64. The van der Waals surface area contributed by atoms with Crippen LogP contribution in [0.4, 0.5) is 17.2 Å². The maximum atomic E-state index is 12.6. The van der Waals surface area contributed by atoms with Crippen LogP contribution in [0, 0.1) is 13.8 Å². The number of carbonyl (C=O) groups excluding carboxylic acids is 2. The Labute approximate surface area is 158 Å². The summed E-state index contributed by atoms with van der Waals surface area (Å²) in [5.74, 6) is 0.376. The summed E-state index contributed by atoms with van der Waals surface area (Å²) < 4.78 is 0. The standard InChI is InChI=1S/C22H21N3O2/c1-14-10-15(2)12-20(11-14)25-22(27)18-8-9-23-21(13-18)24-19-6-4-17(5-7-19)16(3)26/h4-13H,1-3H3,(H,23,24)(H,25,27). The number of hydrogen-bond donors (Lipinski definition) is 2. The maximum absolute atomic E-state index is 12.6. The van der Waals surface area contributed by atoms with Gasteiger partial charge in [-0.3, -0.25) is 9.59 Å². The summed E-state index contributed by atoms with van der Waals surface area (Å²) >= 11 is 0. The first-order valence-corrected chi connectivity index (χ1v) is 8.64. The maximum Gasteiger partial charge on any atom is 0.255 e. The Hall–Kier alpha value is -3.47. The molecule has 1 amide bonds. The number of Topliss-reactive ketones (excluding diaryl/α,β-unsaturated/α-hetero) is 1. The van der Waals surface area contributed by atoms with Crippen molar-refractivity contribution in [3.05, 3.63) is 83.0 Å². The van der Waals surface area contributed by atoms with E-state index in [2.05, 4.69) is 21.7 Å². The highest BCUT2D eigenvalue weighted by Gasteiger charge is 2.09. The van der Waals surface area contributed by atoms with Gasteiger partial charge >= 0.3 is 0 Å². The van der Waals surface area contributed by atoms with Crippen molar-refractivity contribution in [2.75, 3.05) is 10.6 Å². The van der Waals surface area contributed by atoms with Gasteiger partial charge in [0.05, 0.1) is 0 Å². The average molecular weight is 359 g/mol. The van der Waals surface area contributed by atoms with Crippen molar-refractivity contribution in [2.24, 2.45) is 0 Å². The van der Waals surface area contributed by atoms with Gasteiger partial charge in [0, 0.05) is 28.7 Å². The second-order valence-corrected chi connectivity index (χ2v) is 6.52. The minimum Gasteiger partial charge on any atom is -0.340 e. The van der Waals surface area contributed by atoms with Crippen LogP contribution < -0.4 is 10.6 Å². The zero-order valence-corrected chi connectivity index (χ0v) is 15.5. The zero-order chi connectivity index (χ0) is 19.4. The first-order chi connectivity index (χ1) is 12.9. The van der Waals surface area contributed by atoms with Gasteiger partial charge < -0.3 is 10.6 Å². The lowest BCUT2D eigenvalue weighted by Crippen LogP contribution is -2.12. The number of nitrogens with zero attached hydrogens (tertiary/aromatic N) is 1. The molecular formula is C22H21N3O2. The lowest BCUT2D eigenvalue weighted by atomic mass is 10.1. The molecular weight excluding hydrogens is 338 g/mol. The number of amides is 1. The molecule has 0 spiro atoms. The van der Waals surface area contributed by atoms with Gasteiger partial charge in [0.1, 0.15) is 5.82 Å². The number of ketones is 1. The van der Waals surface area contributed by atoms with Gasteiger partial charge in [0.2, 0.25) is 0 Å². The molecule has 0 fully saturated rings. The molecule has 3 aromatic rings. The Balaban J connectivity index is 1.74. The van der Waals surface area contributed by atoms with E-state index in [1.165, 1.54) is 6.92 Å². The molecule has 0 atom stereocenters. The molecule has 27 heavy (non-hydrogen) atoms. The number of rotatable bonds is 5. The number of aromatic nitrogens is 1. The van der Waals surface area contributed by atoms with Gasteiger partial charge in [-0.1, -0.05) is 6.07 Å². The van der Waals surface area contributed by atoms with Crippen molar-refractivity contribution < 1.29 is 9.59 Å². The number of anilines is 3. The van der Waals surface area contributed by atoms with Crippen LogP contribution in [0.3, 0.4) is 0 Å². The van der Waals surface area contributed by atoms with Crippen molar-refractivity contribution in [3.63, 3.8) is 0 Å². The van der Waals surface area contributed by atoms with Gasteiger partial charge in [-0.15, -0.1) is 0 Å². The lowest BCUT2D eigenvalue weighted by molar-refractivity contribution is 0.101. The number of hydrogen-bond acceptors (Lipinski definition) is 4. The van der Waals surface area contributed by atoms with Crippen molar-refractivity contribution >= 4 is 28.9 Å². The van der Waals surface area contributed by atoms with E-state index in [-0.39, 0.29) is 11.7 Å². The lowest BCUT2D eigenvalue weighted by Gasteiger charge is -2.10. The zero-order valence-electron chi connectivity index (χ0n) is 15.5. The van der Waals surface area contributed by atoms with E-state index in [0.29, 0.717) is 16.9 Å². The van der Waals surface area contributed by atoms with E-state index in [1.807, 2.05) is 26.0 Å². The predicted molar refractivity (Wildman–Crippen MR) is 108 cm³/mol. The molecule has 0 unspecified atom stereocenters. The molecule has 3 rings (SSSR count). The van der Waals surface area contributed by atoms with E-state index in [9.17, 15) is 9.59 Å². The van der Waals surface area contributed by atoms with E-state index >= 15 is 0 Å². The van der Waals surface area contributed by atoms with Gasteiger partial charge in [-0.2, -0.15) is 0 Å². The third-order valence-corrected chi connectivity index (χ3v) is 4.07. The van der Waals surface area contributed by atoms with Crippen LogP contribution in [0.5, 0.6) is 0 Å². The largest absolute Gasteiger partial charge is 0.340 e. The van der Waals surface area contributed by atoms with Gasteiger partial charge in [0.25, 0.3) is 5.91 Å². The van der Waals surface area contributed by atoms with Crippen molar-refractivity contribution in [3.8, 4) is 0 Å². The molecule has 0 saturated carbocycles. The molecule has 5 nitrogen and oxygen atoms in total. The molecule has 0 saturated heterocycles. The normalized spacial score (nSPS) is 10.3. The fourth-order valence-electron chi connectivity index (χ4n) is 2.83. The van der Waals surface area contributed by atoms with Gasteiger partial charge in [-0.05, 0) is 80.4 Å². The summed E-state index contributed by atoms with van der Waals surface area (Å²) in [5.41, 5.74) is 4.90. The molecule has 1 heterocycles. The van der Waals surface area contributed by atoms with Crippen LogP contribution in [0.1, 0.15) is 38.8 Å². The van der Waals surface area contributed by atoms with E-state index in [0.717, 1.165) is 22.5 Å². The van der Waals surface area contributed by atoms with Crippen LogP contribution in [0.25, 0.3) is 0 Å². The number of pyridine rings is 1. The molecule has 0 aliphatic rings. The summed E-state index contributed by atoms with van der Waals surface area (Å²) in [6, 6.07) is 16.4. The summed E-state index contributed by atoms with van der Waals surface area (Å²) in [5, 5.41) is 6.06. The molecule has 2 N–H and O–H groups in total. The molecule has 5 heteroatoms. The highest BCUT2D eigenvalue weighted by molar-refractivity contribution is 6.04. The third kappa shape index (κ3) is 4.79. The van der Waals surface area contributed by atoms with Crippen molar-refractivity contribution in [2.45, 2.75) is 20.8 Å². The van der Waals surface area contributed by atoms with Crippen LogP contribution >= 0.6 is 0 Å². The topological polar surface area (TPSA) is 71.1 Å². The van der Waals surface area contributed by atoms with Crippen LogP contribution in [0.15, 0.2) is 60.8 Å². The molecule has 136 valence electrons. The number of nitrogens with one attached hydrogen (secondary N) is 2. The average Bonchev–Trinajstić information content (AvgIpc) is 2.61. The van der Waals surface area contributed by atoms with E-state index < -0.39 is 0 Å². The Morgan fingerprint density at radius 1 is 0.815 bits per heavy atom. The first kappa shape index (κ1) is 18.3. The minimum absolute atomic E-state index is 0.0183. The fraction of sp³-hybridized carbons (Fsp3) is 0.136. The molecule has 2 aromatic carbocycles. The Bertz CT molecular complexity index is 974. The Morgan fingerprint density at radius 3 is 2.11 bits per heavy atom. The van der Waals surface area contributed by atoms with Crippen LogP contribution in [-0.2, 0) is 0 Å². The minimum atomic E-state index is -0.197. The molecule has 0 radical (unpaired) electrons. The summed E-state index contributed by atoms with van der Waals surface area (Å²) in [4.78, 5) is 28.2. The van der Waals surface area contributed by atoms with Gasteiger partial charge in [0.15, 0.2) is 5.78 Å². The monoisotopic (exact) mass is 359 g/mol. The molecule has 0 aliphatic carbocycles. The van der Waals surface area contributed by atoms with E-state index in [1.54, 1.807) is 42.6 Å². The number of benzene rings is 2. The molecule has 0 aliphatic heterocycles. The van der Waals surface area contributed by atoms with Crippen LogP contribution in [-0.4, -0.2) is 16.7 Å². The number of carbonyl (C=O) groups is 2. The van der Waals surface area contributed by atoms with E-state index in [4.69, 9.17) is 0 Å². The molecule has 0 bridgehead atoms. The Morgan fingerprint density at radius 2 is 1.48 bits per heavy atom. The SMILES string of the molecule is CC(=O)c1ccc(Nc2cc(C(=O)Nc3cc(C)cc(C)c3)ccn2)cc1. The van der Waals surface area contributed by atoms with Gasteiger partial charge in [-0.25, -0.2) is 4.98 Å². The second-order valence-electron chi connectivity index (χ2n) is 6.52. The van der Waals surface area contributed by atoms with Crippen molar-refractivity contribution in [1.29, 1.82) is 0 Å². The summed E-state index contributed by atoms with van der Waals surface area (Å²) in [6.45, 7) is 5.52. The summed E-state index contributed by atoms with van der Waals surface area (Å²) in [6.07, 6.45) is 1.59. The second kappa shape index (κ2) is 7.83. The van der Waals surface area contributed by atoms with Crippen LogP contribution in [0.2, 0.25) is 0 Å². The predicted octanol–water partition coefficient (Wildman–Crippen LogP) is 4.90. The van der Waals surface area contributed by atoms with Crippen molar-refractivity contribution in [1.82, 2.24) is 4.98 Å². The highest BCUT2D eigenvalue weighted by Crippen LogP contribution is 2.18. The molecule has 1 aromatic heterocycles. The smallest absolute Gasteiger partial charge is 0.255 e. The Kier molecular flexibility index (Phi) is 5.31. The highest BCUT2D eigenvalue weighted by atomic mass is 16.1. The fourth-order valence-corrected chi connectivity index (χ4v) is 2.83.